The maximum absolute atomic E-state index is 13.5. The maximum Gasteiger partial charge on any atom is 0.259 e. The zero-order chi connectivity index (χ0) is 23.5. The summed E-state index contributed by atoms with van der Waals surface area (Å²) < 4.78 is 7.30. The van der Waals surface area contributed by atoms with Crippen LogP contribution in [0, 0.1) is 0 Å². The standard InChI is InChI=1S/C25H28N4O3S2/c1-32-21-15-22(30)29-10-9-27(17-19-16-26-24(34-19)18-5-3-2-4-6-18)8-7-20(29)23(21)25(31)28-11-13-33-14-12-28/h2-6,15-16H,7-14,17H2,1H3. The van der Waals surface area contributed by atoms with E-state index in [0.29, 0.717) is 24.3 Å². The molecule has 0 aliphatic carbocycles. The molecule has 4 heterocycles. The van der Waals surface area contributed by atoms with Crippen LogP contribution in [0.4, 0.5) is 0 Å². The summed E-state index contributed by atoms with van der Waals surface area (Å²) in [5.41, 5.74) is 2.37. The second-order valence-corrected chi connectivity index (χ2v) is 10.8. The van der Waals surface area contributed by atoms with Crippen molar-refractivity contribution in [1.82, 2.24) is 19.4 Å². The first-order valence-electron chi connectivity index (χ1n) is 11.5. The van der Waals surface area contributed by atoms with Crippen LogP contribution in [-0.2, 0) is 19.5 Å². The van der Waals surface area contributed by atoms with Crippen LogP contribution in [-0.4, -0.2) is 70.1 Å². The SMILES string of the molecule is COc1cc(=O)n2c(c1C(=O)N1CCSCC1)CCN(Cc1cnc(-c3ccccc3)s1)CC2. The lowest BCUT2D eigenvalue weighted by Crippen LogP contribution is -2.39. The second-order valence-electron chi connectivity index (χ2n) is 8.45. The number of hydrogen-bond acceptors (Lipinski definition) is 7. The number of carbonyl (C=O) groups excluding carboxylic acids is 1. The molecule has 2 aromatic heterocycles. The Balaban J connectivity index is 1.37. The fourth-order valence-electron chi connectivity index (χ4n) is 4.58. The van der Waals surface area contributed by atoms with Crippen LogP contribution in [0.5, 0.6) is 5.75 Å². The third-order valence-electron chi connectivity index (χ3n) is 6.37. The van der Waals surface area contributed by atoms with E-state index in [9.17, 15) is 9.59 Å². The van der Waals surface area contributed by atoms with Crippen molar-refractivity contribution >= 4 is 29.0 Å². The molecule has 0 N–H and O–H groups in total. The van der Waals surface area contributed by atoms with Crippen LogP contribution in [0.1, 0.15) is 20.9 Å². The predicted octanol–water partition coefficient (Wildman–Crippen LogP) is 3.23. The monoisotopic (exact) mass is 496 g/mol. The topological polar surface area (TPSA) is 67.7 Å². The molecule has 1 saturated heterocycles. The van der Waals surface area contributed by atoms with Gasteiger partial charge in [0.2, 0.25) is 0 Å². The molecular formula is C25H28N4O3S2. The summed E-state index contributed by atoms with van der Waals surface area (Å²) in [6.45, 7) is 4.29. The number of nitrogens with zero attached hydrogens (tertiary/aromatic N) is 4. The number of methoxy groups -OCH3 is 1. The molecule has 178 valence electrons. The van der Waals surface area contributed by atoms with Crippen LogP contribution < -0.4 is 10.3 Å². The zero-order valence-electron chi connectivity index (χ0n) is 19.2. The summed E-state index contributed by atoms with van der Waals surface area (Å²) >= 11 is 3.57. The van der Waals surface area contributed by atoms with Gasteiger partial charge in [-0.1, -0.05) is 30.3 Å². The Morgan fingerprint density at radius 3 is 2.65 bits per heavy atom. The maximum atomic E-state index is 13.5. The highest BCUT2D eigenvalue weighted by Crippen LogP contribution is 2.28. The minimum Gasteiger partial charge on any atom is -0.496 e. The summed E-state index contributed by atoms with van der Waals surface area (Å²) in [6, 6.07) is 11.7. The number of hydrogen-bond donors (Lipinski definition) is 0. The quantitative estimate of drug-likeness (QED) is 0.540. The van der Waals surface area contributed by atoms with E-state index in [-0.39, 0.29) is 11.5 Å². The summed E-state index contributed by atoms with van der Waals surface area (Å²) in [5, 5.41) is 1.02. The Hall–Kier alpha value is -2.62. The van der Waals surface area contributed by atoms with Gasteiger partial charge in [-0.3, -0.25) is 14.5 Å². The number of rotatable bonds is 5. The number of benzene rings is 1. The average molecular weight is 497 g/mol. The van der Waals surface area contributed by atoms with Crippen molar-refractivity contribution in [2.75, 3.05) is 44.8 Å². The lowest BCUT2D eigenvalue weighted by Gasteiger charge is -2.28. The Labute approximate surface area is 207 Å². The predicted molar refractivity (Wildman–Crippen MR) is 137 cm³/mol. The molecule has 7 nitrogen and oxygen atoms in total. The molecule has 3 aromatic rings. The van der Waals surface area contributed by atoms with E-state index in [1.165, 1.54) is 18.1 Å². The Kier molecular flexibility index (Phi) is 7.03. The number of ether oxygens (including phenoxy) is 1. The first kappa shape index (κ1) is 23.1. The normalized spacial score (nSPS) is 16.7. The van der Waals surface area contributed by atoms with Gasteiger partial charge in [0.15, 0.2) is 0 Å². The minimum absolute atomic E-state index is 0.0238. The van der Waals surface area contributed by atoms with E-state index in [2.05, 4.69) is 22.0 Å². The number of pyridine rings is 1. The van der Waals surface area contributed by atoms with Crippen LogP contribution in [0.15, 0.2) is 47.4 Å². The van der Waals surface area contributed by atoms with Crippen LogP contribution in [0.3, 0.4) is 0 Å². The van der Waals surface area contributed by atoms with Crippen molar-refractivity contribution in [1.29, 1.82) is 0 Å². The zero-order valence-corrected chi connectivity index (χ0v) is 20.9. The number of thioether (sulfide) groups is 1. The molecule has 0 saturated carbocycles. The van der Waals surface area contributed by atoms with Gasteiger partial charge in [-0.15, -0.1) is 11.3 Å². The molecule has 0 radical (unpaired) electrons. The Bertz CT molecular complexity index is 1220. The van der Waals surface area contributed by atoms with Crippen molar-refractivity contribution in [3.8, 4) is 16.3 Å². The van der Waals surface area contributed by atoms with E-state index in [1.54, 1.807) is 15.9 Å². The van der Waals surface area contributed by atoms with Crippen molar-refractivity contribution in [3.63, 3.8) is 0 Å². The van der Waals surface area contributed by atoms with E-state index >= 15 is 0 Å². The highest BCUT2D eigenvalue weighted by atomic mass is 32.2. The molecule has 5 rings (SSSR count). The first-order chi connectivity index (χ1) is 16.6. The van der Waals surface area contributed by atoms with Gasteiger partial charge in [0.25, 0.3) is 11.5 Å². The van der Waals surface area contributed by atoms with Crippen molar-refractivity contribution in [3.05, 3.63) is 69.1 Å². The van der Waals surface area contributed by atoms with Gasteiger partial charge in [-0.2, -0.15) is 11.8 Å². The summed E-state index contributed by atoms with van der Waals surface area (Å²) in [6.07, 6.45) is 2.57. The van der Waals surface area contributed by atoms with Crippen LogP contribution in [0.2, 0.25) is 0 Å². The molecule has 1 amide bonds. The number of carbonyl (C=O) groups is 1. The third-order valence-corrected chi connectivity index (χ3v) is 8.35. The molecule has 0 bridgehead atoms. The highest BCUT2D eigenvalue weighted by Gasteiger charge is 2.29. The van der Waals surface area contributed by atoms with Gasteiger partial charge >= 0.3 is 0 Å². The van der Waals surface area contributed by atoms with Gasteiger partial charge < -0.3 is 14.2 Å². The molecule has 0 unspecified atom stereocenters. The molecule has 2 aliphatic rings. The Morgan fingerprint density at radius 2 is 1.88 bits per heavy atom. The Morgan fingerprint density at radius 1 is 1.09 bits per heavy atom. The molecular weight excluding hydrogens is 468 g/mol. The second kappa shape index (κ2) is 10.3. The molecule has 0 atom stereocenters. The molecule has 0 spiro atoms. The van der Waals surface area contributed by atoms with Gasteiger partial charge in [0, 0.05) is 85.6 Å². The molecule has 1 fully saturated rings. The van der Waals surface area contributed by atoms with E-state index in [4.69, 9.17) is 4.74 Å². The number of aromatic nitrogens is 2. The average Bonchev–Trinajstić information content (AvgIpc) is 3.24. The number of amides is 1. The fraction of sp³-hybridized carbons (Fsp3) is 0.400. The van der Waals surface area contributed by atoms with E-state index in [1.807, 2.05) is 41.1 Å². The van der Waals surface area contributed by atoms with E-state index < -0.39 is 0 Å². The summed E-state index contributed by atoms with van der Waals surface area (Å²) in [7, 11) is 1.53. The van der Waals surface area contributed by atoms with Crippen molar-refractivity contribution < 1.29 is 9.53 Å². The molecule has 1 aromatic carbocycles. The molecule has 34 heavy (non-hydrogen) atoms. The van der Waals surface area contributed by atoms with E-state index in [0.717, 1.165) is 60.5 Å². The smallest absolute Gasteiger partial charge is 0.259 e. The highest BCUT2D eigenvalue weighted by molar-refractivity contribution is 7.99. The number of fused-ring (bicyclic) bond motifs is 1. The minimum atomic E-state index is -0.108. The lowest BCUT2D eigenvalue weighted by atomic mass is 10.1. The third kappa shape index (κ3) is 4.78. The van der Waals surface area contributed by atoms with Crippen LogP contribution >= 0.6 is 23.1 Å². The summed E-state index contributed by atoms with van der Waals surface area (Å²) in [4.78, 5) is 36.4. The molecule has 2 aliphatic heterocycles. The first-order valence-corrected chi connectivity index (χ1v) is 13.5. The van der Waals surface area contributed by atoms with Gasteiger partial charge in [-0.05, 0) is 0 Å². The lowest BCUT2D eigenvalue weighted by molar-refractivity contribution is 0.0766. The van der Waals surface area contributed by atoms with Crippen molar-refractivity contribution in [2.24, 2.45) is 0 Å². The fourth-order valence-corrected chi connectivity index (χ4v) is 6.45. The number of thiazole rings is 1. The summed E-state index contributed by atoms with van der Waals surface area (Å²) in [5.74, 6) is 2.25. The van der Waals surface area contributed by atoms with Gasteiger partial charge in [0.1, 0.15) is 16.3 Å². The van der Waals surface area contributed by atoms with Gasteiger partial charge in [-0.25, -0.2) is 4.98 Å². The largest absolute Gasteiger partial charge is 0.496 e. The molecule has 9 heteroatoms. The van der Waals surface area contributed by atoms with Crippen LogP contribution in [0.25, 0.3) is 10.6 Å². The van der Waals surface area contributed by atoms with Gasteiger partial charge in [0.05, 0.1) is 7.11 Å². The van der Waals surface area contributed by atoms with Crippen molar-refractivity contribution in [2.45, 2.75) is 19.5 Å².